The fourth-order valence-corrected chi connectivity index (χ4v) is 2.77. The van der Waals surface area contributed by atoms with E-state index in [4.69, 9.17) is 4.74 Å². The molecule has 0 radical (unpaired) electrons. The van der Waals surface area contributed by atoms with Crippen LogP contribution in [0.2, 0.25) is 0 Å². The first kappa shape index (κ1) is 18.4. The van der Waals surface area contributed by atoms with Crippen molar-refractivity contribution in [3.05, 3.63) is 35.9 Å². The van der Waals surface area contributed by atoms with Crippen molar-refractivity contribution in [2.24, 2.45) is 0 Å². The van der Waals surface area contributed by atoms with Gasteiger partial charge in [-0.15, -0.1) is 0 Å². The maximum Gasteiger partial charge on any atom is 0.240 e. The number of benzene rings is 1. The van der Waals surface area contributed by atoms with Gasteiger partial charge in [-0.1, -0.05) is 30.3 Å². The first-order valence-corrected chi connectivity index (χ1v) is 8.49. The molecule has 1 heterocycles. The quantitative estimate of drug-likeness (QED) is 0.717. The number of carbonyl (C=O) groups excluding carboxylic acids is 2. The molecule has 1 aliphatic heterocycles. The Labute approximate surface area is 143 Å². The summed E-state index contributed by atoms with van der Waals surface area (Å²) in [6.45, 7) is 5.62. The number of carbonyl (C=O) groups is 2. The normalized spacial score (nSPS) is 17.8. The molecule has 1 fully saturated rings. The van der Waals surface area contributed by atoms with E-state index < -0.39 is 6.04 Å². The summed E-state index contributed by atoms with van der Waals surface area (Å²) >= 11 is 0. The van der Waals surface area contributed by atoms with E-state index in [0.29, 0.717) is 39.4 Å². The number of nitrogens with one attached hydrogen (secondary N) is 1. The lowest BCUT2D eigenvalue weighted by molar-refractivity contribution is -0.141. The maximum atomic E-state index is 12.5. The van der Waals surface area contributed by atoms with Gasteiger partial charge in [0.15, 0.2) is 0 Å². The predicted octanol–water partition coefficient (Wildman–Crippen LogP) is 0.872. The van der Waals surface area contributed by atoms with Gasteiger partial charge in [-0.05, 0) is 12.5 Å². The standard InChI is InChI=1S/C18H27N3O3/c1-3-24-12-11-21-10-9-19-16(18(21)23)13-17(22)20(2)14-15-7-5-4-6-8-15/h4-8,16,19H,3,9-14H2,1-2H3. The van der Waals surface area contributed by atoms with Gasteiger partial charge in [-0.2, -0.15) is 0 Å². The van der Waals surface area contributed by atoms with Crippen molar-refractivity contribution in [3.8, 4) is 0 Å². The van der Waals surface area contributed by atoms with Crippen LogP contribution >= 0.6 is 0 Å². The van der Waals surface area contributed by atoms with Crippen LogP contribution in [0, 0.1) is 0 Å². The Hall–Kier alpha value is -1.92. The fraction of sp³-hybridized carbons (Fsp3) is 0.556. The van der Waals surface area contributed by atoms with E-state index in [1.54, 1.807) is 16.8 Å². The minimum atomic E-state index is -0.439. The van der Waals surface area contributed by atoms with E-state index >= 15 is 0 Å². The lowest BCUT2D eigenvalue weighted by Crippen LogP contribution is -2.56. The third-order valence-corrected chi connectivity index (χ3v) is 4.16. The van der Waals surface area contributed by atoms with Crippen molar-refractivity contribution < 1.29 is 14.3 Å². The highest BCUT2D eigenvalue weighted by Crippen LogP contribution is 2.09. The number of piperazine rings is 1. The first-order valence-electron chi connectivity index (χ1n) is 8.49. The van der Waals surface area contributed by atoms with Crippen LogP contribution in [0.4, 0.5) is 0 Å². The maximum absolute atomic E-state index is 12.5. The van der Waals surface area contributed by atoms with Crippen molar-refractivity contribution in [1.29, 1.82) is 0 Å². The third-order valence-electron chi connectivity index (χ3n) is 4.16. The summed E-state index contributed by atoms with van der Waals surface area (Å²) < 4.78 is 5.32. The van der Waals surface area contributed by atoms with E-state index in [0.717, 1.165) is 5.56 Å². The van der Waals surface area contributed by atoms with Gasteiger partial charge in [0.1, 0.15) is 0 Å². The molecule has 1 aliphatic rings. The largest absolute Gasteiger partial charge is 0.380 e. The van der Waals surface area contributed by atoms with Crippen LogP contribution < -0.4 is 5.32 Å². The molecule has 1 N–H and O–H groups in total. The smallest absolute Gasteiger partial charge is 0.240 e. The lowest BCUT2D eigenvalue weighted by atomic mass is 10.1. The Morgan fingerprint density at radius 1 is 1.38 bits per heavy atom. The van der Waals surface area contributed by atoms with Crippen LogP contribution in [-0.4, -0.2) is 67.6 Å². The summed E-state index contributed by atoms with van der Waals surface area (Å²) in [6.07, 6.45) is 0.188. The number of amides is 2. The van der Waals surface area contributed by atoms with E-state index in [-0.39, 0.29) is 18.2 Å². The van der Waals surface area contributed by atoms with Gasteiger partial charge in [0, 0.05) is 39.8 Å². The van der Waals surface area contributed by atoms with Crippen molar-refractivity contribution >= 4 is 11.8 Å². The minimum Gasteiger partial charge on any atom is -0.380 e. The summed E-state index contributed by atoms with van der Waals surface area (Å²) in [6, 6.07) is 9.40. The van der Waals surface area contributed by atoms with Gasteiger partial charge in [0.2, 0.25) is 11.8 Å². The number of hydrogen-bond acceptors (Lipinski definition) is 4. The van der Waals surface area contributed by atoms with E-state index in [2.05, 4.69) is 5.32 Å². The van der Waals surface area contributed by atoms with Gasteiger partial charge in [-0.3, -0.25) is 9.59 Å². The SMILES string of the molecule is CCOCCN1CCNC(CC(=O)N(C)Cc2ccccc2)C1=O. The Morgan fingerprint density at radius 2 is 2.12 bits per heavy atom. The van der Waals surface area contributed by atoms with Crippen LogP contribution in [0.3, 0.4) is 0 Å². The Morgan fingerprint density at radius 3 is 2.83 bits per heavy atom. The molecule has 24 heavy (non-hydrogen) atoms. The van der Waals surface area contributed by atoms with Crippen LogP contribution in [0.15, 0.2) is 30.3 Å². The molecule has 1 saturated heterocycles. The highest BCUT2D eigenvalue weighted by Gasteiger charge is 2.30. The molecular weight excluding hydrogens is 306 g/mol. The second kappa shape index (κ2) is 9.39. The zero-order valence-corrected chi connectivity index (χ0v) is 14.5. The van der Waals surface area contributed by atoms with Gasteiger partial charge >= 0.3 is 0 Å². The minimum absolute atomic E-state index is 0.0117. The molecule has 0 spiro atoms. The molecule has 0 aliphatic carbocycles. The molecule has 0 aromatic heterocycles. The van der Waals surface area contributed by atoms with Gasteiger partial charge in [-0.25, -0.2) is 0 Å². The molecule has 2 amide bonds. The molecule has 1 atom stereocenters. The topological polar surface area (TPSA) is 61.9 Å². The van der Waals surface area contributed by atoms with Crippen LogP contribution in [-0.2, 0) is 20.9 Å². The molecule has 2 rings (SSSR count). The predicted molar refractivity (Wildman–Crippen MR) is 92.4 cm³/mol. The fourth-order valence-electron chi connectivity index (χ4n) is 2.77. The average molecular weight is 333 g/mol. The summed E-state index contributed by atoms with van der Waals surface area (Å²) in [5.41, 5.74) is 1.08. The van der Waals surface area contributed by atoms with Crippen LogP contribution in [0.5, 0.6) is 0 Å². The van der Waals surface area contributed by atoms with Crippen molar-refractivity contribution in [3.63, 3.8) is 0 Å². The molecule has 0 bridgehead atoms. The number of nitrogens with zero attached hydrogens (tertiary/aromatic N) is 2. The highest BCUT2D eigenvalue weighted by molar-refractivity contribution is 5.88. The Balaban J connectivity index is 1.84. The Kier molecular flexibility index (Phi) is 7.21. The third kappa shape index (κ3) is 5.32. The monoisotopic (exact) mass is 333 g/mol. The van der Waals surface area contributed by atoms with Gasteiger partial charge in [0.05, 0.1) is 19.1 Å². The molecular formula is C18H27N3O3. The van der Waals surface area contributed by atoms with Crippen molar-refractivity contribution in [2.45, 2.75) is 25.9 Å². The van der Waals surface area contributed by atoms with Gasteiger partial charge in [0.25, 0.3) is 0 Å². The zero-order chi connectivity index (χ0) is 17.4. The molecule has 1 aromatic rings. The van der Waals surface area contributed by atoms with Crippen LogP contribution in [0.1, 0.15) is 18.9 Å². The second-order valence-electron chi connectivity index (χ2n) is 5.97. The molecule has 1 unspecified atom stereocenters. The van der Waals surface area contributed by atoms with E-state index in [9.17, 15) is 9.59 Å². The summed E-state index contributed by atoms with van der Waals surface area (Å²) in [7, 11) is 1.77. The Bertz CT molecular complexity index is 536. The molecule has 1 aromatic carbocycles. The van der Waals surface area contributed by atoms with Gasteiger partial charge < -0.3 is 19.9 Å². The number of rotatable bonds is 8. The van der Waals surface area contributed by atoms with Crippen molar-refractivity contribution in [2.75, 3.05) is 39.9 Å². The van der Waals surface area contributed by atoms with E-state index in [1.807, 2.05) is 37.3 Å². The molecule has 6 nitrogen and oxygen atoms in total. The summed E-state index contributed by atoms with van der Waals surface area (Å²) in [4.78, 5) is 28.3. The summed E-state index contributed by atoms with van der Waals surface area (Å²) in [5, 5.41) is 3.16. The van der Waals surface area contributed by atoms with E-state index in [1.165, 1.54) is 0 Å². The number of ether oxygens (including phenoxy) is 1. The number of hydrogen-bond donors (Lipinski definition) is 1. The highest BCUT2D eigenvalue weighted by atomic mass is 16.5. The molecule has 6 heteroatoms. The molecule has 0 saturated carbocycles. The molecule has 132 valence electrons. The van der Waals surface area contributed by atoms with Crippen molar-refractivity contribution in [1.82, 2.24) is 15.1 Å². The average Bonchev–Trinajstić information content (AvgIpc) is 2.59. The zero-order valence-electron chi connectivity index (χ0n) is 14.5. The van der Waals surface area contributed by atoms with Crippen LogP contribution in [0.25, 0.3) is 0 Å². The first-order chi connectivity index (χ1) is 11.6. The second-order valence-corrected chi connectivity index (χ2v) is 5.97. The summed E-state index contributed by atoms with van der Waals surface area (Å²) in [5.74, 6) is -0.0428. The lowest BCUT2D eigenvalue weighted by Gasteiger charge is -2.33.